The van der Waals surface area contributed by atoms with E-state index in [0.717, 1.165) is 18.7 Å². The minimum atomic E-state index is 1.01. The van der Waals surface area contributed by atoms with Gasteiger partial charge in [0, 0.05) is 0 Å². The van der Waals surface area contributed by atoms with E-state index in [4.69, 9.17) is 4.74 Å². The van der Waals surface area contributed by atoms with Crippen LogP contribution in [0.5, 0.6) is 5.75 Å². The zero-order chi connectivity index (χ0) is 11.4. The number of ether oxygens (including phenoxy) is 1. The zero-order valence-corrected chi connectivity index (χ0v) is 10.3. The molecule has 0 aliphatic heterocycles. The molecule has 2 rings (SSSR count). The molecule has 0 aromatic heterocycles. The van der Waals surface area contributed by atoms with Crippen molar-refractivity contribution in [2.75, 3.05) is 20.7 Å². The van der Waals surface area contributed by atoms with E-state index < -0.39 is 0 Å². The lowest BCUT2D eigenvalue weighted by Crippen LogP contribution is -2.12. The highest BCUT2D eigenvalue weighted by molar-refractivity contribution is 5.44. The van der Waals surface area contributed by atoms with Crippen LogP contribution in [0, 0.1) is 0 Å². The maximum absolute atomic E-state index is 5.48. The minimum absolute atomic E-state index is 1.01. The van der Waals surface area contributed by atoms with Gasteiger partial charge in [0.05, 0.1) is 7.11 Å². The second kappa shape index (κ2) is 5.35. The van der Waals surface area contributed by atoms with Crippen LogP contribution in [0.3, 0.4) is 0 Å². The second-order valence-corrected chi connectivity index (χ2v) is 4.49. The van der Waals surface area contributed by atoms with E-state index in [1.54, 1.807) is 7.11 Å². The maximum atomic E-state index is 5.48. The van der Waals surface area contributed by atoms with Crippen molar-refractivity contribution in [2.45, 2.75) is 32.1 Å². The third-order valence-corrected chi connectivity index (χ3v) is 3.39. The van der Waals surface area contributed by atoms with Gasteiger partial charge in [-0.05, 0) is 68.5 Å². The van der Waals surface area contributed by atoms with Crippen molar-refractivity contribution in [1.82, 2.24) is 5.32 Å². The van der Waals surface area contributed by atoms with Crippen LogP contribution in [0.1, 0.15) is 29.5 Å². The molecule has 0 fully saturated rings. The molecule has 1 aliphatic carbocycles. The molecule has 88 valence electrons. The quantitative estimate of drug-likeness (QED) is 0.839. The lowest BCUT2D eigenvalue weighted by atomic mass is 9.89. The van der Waals surface area contributed by atoms with Crippen LogP contribution in [0.25, 0.3) is 0 Å². The van der Waals surface area contributed by atoms with Crippen LogP contribution < -0.4 is 10.1 Å². The van der Waals surface area contributed by atoms with Gasteiger partial charge in [0.15, 0.2) is 0 Å². The molecule has 0 unspecified atom stereocenters. The maximum Gasteiger partial charge on any atom is 0.122 e. The Labute approximate surface area is 98.0 Å². The van der Waals surface area contributed by atoms with Crippen LogP contribution in [-0.2, 0) is 19.3 Å². The Bertz CT molecular complexity index is 360. The summed E-state index contributed by atoms with van der Waals surface area (Å²) in [5.74, 6) is 1.07. The molecule has 0 spiro atoms. The van der Waals surface area contributed by atoms with Crippen LogP contribution >= 0.6 is 0 Å². The molecule has 0 radical (unpaired) electrons. The number of hydrogen-bond donors (Lipinski definition) is 1. The number of rotatable bonds is 4. The molecule has 1 N–H and O–H groups in total. The Morgan fingerprint density at radius 1 is 1.19 bits per heavy atom. The number of fused-ring (bicyclic) bond motifs is 1. The molecule has 1 aromatic rings. The van der Waals surface area contributed by atoms with Crippen LogP contribution in [0.4, 0.5) is 0 Å². The lowest BCUT2D eigenvalue weighted by molar-refractivity contribution is 0.408. The van der Waals surface area contributed by atoms with Gasteiger partial charge in [-0.25, -0.2) is 0 Å². The van der Waals surface area contributed by atoms with Gasteiger partial charge in [-0.2, -0.15) is 0 Å². The first-order valence-corrected chi connectivity index (χ1v) is 6.18. The summed E-state index contributed by atoms with van der Waals surface area (Å²) in [6.07, 6.45) is 6.17. The van der Waals surface area contributed by atoms with E-state index in [1.807, 2.05) is 7.05 Å². The summed E-state index contributed by atoms with van der Waals surface area (Å²) in [6.45, 7) is 1.01. The SMILES string of the molecule is CNCCc1cc2c(cc1OC)CCCC2. The van der Waals surface area contributed by atoms with Crippen molar-refractivity contribution in [3.8, 4) is 5.75 Å². The number of methoxy groups -OCH3 is 1. The highest BCUT2D eigenvalue weighted by Crippen LogP contribution is 2.29. The summed E-state index contributed by atoms with van der Waals surface area (Å²) in [5, 5.41) is 3.19. The monoisotopic (exact) mass is 219 g/mol. The molecular formula is C14H21NO. The van der Waals surface area contributed by atoms with E-state index in [9.17, 15) is 0 Å². The normalized spacial score (nSPS) is 14.6. The first-order chi connectivity index (χ1) is 7.85. The highest BCUT2D eigenvalue weighted by atomic mass is 16.5. The molecule has 2 heteroatoms. The predicted octanol–water partition coefficient (Wildman–Crippen LogP) is 2.34. The molecule has 0 amide bonds. The summed E-state index contributed by atoms with van der Waals surface area (Å²) in [5.41, 5.74) is 4.38. The average molecular weight is 219 g/mol. The van der Waals surface area contributed by atoms with Crippen molar-refractivity contribution in [3.05, 3.63) is 28.8 Å². The number of hydrogen-bond acceptors (Lipinski definition) is 2. The summed E-state index contributed by atoms with van der Waals surface area (Å²) in [7, 11) is 3.76. The summed E-state index contributed by atoms with van der Waals surface area (Å²) >= 11 is 0. The molecule has 2 nitrogen and oxygen atoms in total. The van der Waals surface area contributed by atoms with Gasteiger partial charge < -0.3 is 10.1 Å². The van der Waals surface area contributed by atoms with E-state index in [0.29, 0.717) is 0 Å². The fourth-order valence-corrected chi connectivity index (χ4v) is 2.46. The van der Waals surface area contributed by atoms with Crippen molar-refractivity contribution < 1.29 is 4.74 Å². The molecule has 16 heavy (non-hydrogen) atoms. The van der Waals surface area contributed by atoms with Crippen molar-refractivity contribution in [1.29, 1.82) is 0 Å². The topological polar surface area (TPSA) is 21.3 Å². The van der Waals surface area contributed by atoms with Gasteiger partial charge in [0.1, 0.15) is 5.75 Å². The zero-order valence-electron chi connectivity index (χ0n) is 10.3. The standard InChI is InChI=1S/C14H21NO/c1-15-8-7-13-9-11-5-3-4-6-12(11)10-14(13)16-2/h9-10,15H,3-8H2,1-2H3. The van der Waals surface area contributed by atoms with Gasteiger partial charge >= 0.3 is 0 Å². The van der Waals surface area contributed by atoms with Crippen molar-refractivity contribution in [3.63, 3.8) is 0 Å². The molecule has 0 bridgehead atoms. The lowest BCUT2D eigenvalue weighted by Gasteiger charge is -2.19. The molecule has 0 saturated carbocycles. The first-order valence-electron chi connectivity index (χ1n) is 6.18. The number of aryl methyl sites for hydroxylation is 2. The van der Waals surface area contributed by atoms with Gasteiger partial charge in [0.2, 0.25) is 0 Å². The third kappa shape index (κ3) is 2.38. The summed E-state index contributed by atoms with van der Waals surface area (Å²) < 4.78 is 5.48. The molecule has 1 aromatic carbocycles. The molecule has 0 heterocycles. The summed E-state index contributed by atoms with van der Waals surface area (Å²) in [6, 6.07) is 4.60. The Hall–Kier alpha value is -1.02. The highest BCUT2D eigenvalue weighted by Gasteiger charge is 2.13. The smallest absolute Gasteiger partial charge is 0.122 e. The number of benzene rings is 1. The predicted molar refractivity (Wildman–Crippen MR) is 67.3 cm³/mol. The van der Waals surface area contributed by atoms with Gasteiger partial charge in [0.25, 0.3) is 0 Å². The Balaban J connectivity index is 2.28. The van der Waals surface area contributed by atoms with Crippen LogP contribution in [-0.4, -0.2) is 20.7 Å². The van der Waals surface area contributed by atoms with Crippen LogP contribution in [0.2, 0.25) is 0 Å². The average Bonchev–Trinajstić information content (AvgIpc) is 2.35. The van der Waals surface area contributed by atoms with Gasteiger partial charge in [-0.1, -0.05) is 6.07 Å². The third-order valence-electron chi connectivity index (χ3n) is 3.39. The molecule has 0 saturated heterocycles. The number of nitrogens with one attached hydrogen (secondary N) is 1. The van der Waals surface area contributed by atoms with E-state index in [2.05, 4.69) is 17.4 Å². The Kier molecular flexibility index (Phi) is 3.83. The van der Waals surface area contributed by atoms with Gasteiger partial charge in [-0.3, -0.25) is 0 Å². The van der Waals surface area contributed by atoms with E-state index >= 15 is 0 Å². The molecule has 0 atom stereocenters. The van der Waals surface area contributed by atoms with Gasteiger partial charge in [-0.15, -0.1) is 0 Å². The van der Waals surface area contributed by atoms with Crippen molar-refractivity contribution in [2.24, 2.45) is 0 Å². The second-order valence-electron chi connectivity index (χ2n) is 4.49. The first kappa shape index (κ1) is 11.5. The van der Waals surface area contributed by atoms with Crippen LogP contribution in [0.15, 0.2) is 12.1 Å². The fraction of sp³-hybridized carbons (Fsp3) is 0.571. The fourth-order valence-electron chi connectivity index (χ4n) is 2.46. The summed E-state index contributed by atoms with van der Waals surface area (Å²) in [4.78, 5) is 0. The molecular weight excluding hydrogens is 198 g/mol. The van der Waals surface area contributed by atoms with Crippen molar-refractivity contribution >= 4 is 0 Å². The largest absolute Gasteiger partial charge is 0.496 e. The Morgan fingerprint density at radius 3 is 2.50 bits per heavy atom. The minimum Gasteiger partial charge on any atom is -0.496 e. The van der Waals surface area contributed by atoms with E-state index in [1.165, 1.54) is 42.4 Å². The van der Waals surface area contributed by atoms with E-state index in [-0.39, 0.29) is 0 Å². The molecule has 1 aliphatic rings. The Morgan fingerprint density at radius 2 is 1.88 bits per heavy atom. The number of likely N-dealkylation sites (N-methyl/N-ethyl adjacent to an activating group) is 1.